The van der Waals surface area contributed by atoms with Crippen molar-refractivity contribution in [3.63, 3.8) is 0 Å². The number of nitrogens with zero attached hydrogens (tertiary/aromatic N) is 1. The van der Waals surface area contributed by atoms with Crippen molar-refractivity contribution in [2.75, 3.05) is 0 Å². The molecule has 1 heterocycles. The van der Waals surface area contributed by atoms with Crippen LogP contribution in [0.4, 0.5) is 22.0 Å². The highest BCUT2D eigenvalue weighted by Gasteiger charge is 2.41. The van der Waals surface area contributed by atoms with Crippen molar-refractivity contribution in [2.24, 2.45) is 0 Å². The summed E-state index contributed by atoms with van der Waals surface area (Å²) in [5.74, 6) is -2.50. The standard InChI is InChI=1S/C7H3ClF5N/c8-6(7(11,12)13)3-1-5(10)14-2-4(3)9/h1-2,6H. The summed E-state index contributed by atoms with van der Waals surface area (Å²) in [6.45, 7) is 0. The van der Waals surface area contributed by atoms with E-state index < -0.39 is 28.9 Å². The van der Waals surface area contributed by atoms with Crippen LogP contribution in [0.1, 0.15) is 10.9 Å². The summed E-state index contributed by atoms with van der Waals surface area (Å²) in [6, 6.07) is 0.320. The van der Waals surface area contributed by atoms with Gasteiger partial charge in [-0.25, -0.2) is 9.37 Å². The fourth-order valence-electron chi connectivity index (χ4n) is 0.798. The molecule has 0 aromatic carbocycles. The predicted molar refractivity (Wildman–Crippen MR) is 38.8 cm³/mol. The molecule has 0 spiro atoms. The van der Waals surface area contributed by atoms with E-state index in [0.29, 0.717) is 12.3 Å². The Hall–Kier alpha value is -0.910. The number of hydrogen-bond donors (Lipinski definition) is 0. The van der Waals surface area contributed by atoms with Gasteiger partial charge in [-0.05, 0) is 0 Å². The van der Waals surface area contributed by atoms with Gasteiger partial charge in [0.15, 0.2) is 5.38 Å². The van der Waals surface area contributed by atoms with E-state index in [1.165, 1.54) is 0 Å². The van der Waals surface area contributed by atoms with Gasteiger partial charge in [0.2, 0.25) is 5.95 Å². The van der Waals surface area contributed by atoms with Crippen LogP contribution in [0, 0.1) is 11.8 Å². The normalized spacial score (nSPS) is 14.1. The van der Waals surface area contributed by atoms with Gasteiger partial charge in [0.05, 0.1) is 6.20 Å². The van der Waals surface area contributed by atoms with Gasteiger partial charge in [0.1, 0.15) is 5.82 Å². The third-order valence-electron chi connectivity index (χ3n) is 1.41. The van der Waals surface area contributed by atoms with Crippen LogP contribution in [-0.4, -0.2) is 11.2 Å². The number of alkyl halides is 4. The van der Waals surface area contributed by atoms with E-state index in [-0.39, 0.29) is 0 Å². The third-order valence-corrected chi connectivity index (χ3v) is 1.89. The van der Waals surface area contributed by atoms with Gasteiger partial charge in [-0.15, -0.1) is 11.6 Å². The van der Waals surface area contributed by atoms with E-state index >= 15 is 0 Å². The minimum absolute atomic E-state index is 0.320. The first-order valence-electron chi connectivity index (χ1n) is 3.34. The summed E-state index contributed by atoms with van der Waals surface area (Å²) in [5, 5.41) is -2.57. The lowest BCUT2D eigenvalue weighted by Gasteiger charge is -2.13. The molecule has 0 fully saturated rings. The van der Waals surface area contributed by atoms with Gasteiger partial charge in [-0.2, -0.15) is 17.6 Å². The topological polar surface area (TPSA) is 12.9 Å². The lowest BCUT2D eigenvalue weighted by molar-refractivity contribution is -0.132. The summed E-state index contributed by atoms with van der Waals surface area (Å²) in [5.41, 5.74) is -0.966. The average Bonchev–Trinajstić information content (AvgIpc) is 2.06. The second-order valence-electron chi connectivity index (χ2n) is 2.43. The second kappa shape index (κ2) is 3.68. The molecule has 0 aliphatic heterocycles. The van der Waals surface area contributed by atoms with Crippen LogP contribution in [0.2, 0.25) is 0 Å². The highest BCUT2D eigenvalue weighted by atomic mass is 35.5. The fourth-order valence-corrected chi connectivity index (χ4v) is 0.965. The van der Waals surface area contributed by atoms with Crippen LogP contribution in [0.15, 0.2) is 12.3 Å². The summed E-state index contributed by atoms with van der Waals surface area (Å²) in [7, 11) is 0. The number of hydrogen-bond acceptors (Lipinski definition) is 1. The van der Waals surface area contributed by atoms with E-state index in [2.05, 4.69) is 4.98 Å². The Morgan fingerprint density at radius 3 is 2.36 bits per heavy atom. The van der Waals surface area contributed by atoms with Gasteiger partial charge in [0, 0.05) is 11.6 Å². The Balaban J connectivity index is 3.12. The third kappa shape index (κ3) is 2.31. The van der Waals surface area contributed by atoms with Gasteiger partial charge < -0.3 is 0 Å². The van der Waals surface area contributed by atoms with Gasteiger partial charge in [0.25, 0.3) is 0 Å². The largest absolute Gasteiger partial charge is 0.409 e. The van der Waals surface area contributed by atoms with Crippen molar-refractivity contribution in [3.05, 3.63) is 29.6 Å². The summed E-state index contributed by atoms with van der Waals surface area (Å²) < 4.78 is 61.1. The molecule has 0 radical (unpaired) electrons. The molecule has 1 atom stereocenters. The molecule has 0 aliphatic rings. The SMILES string of the molecule is Fc1cc(C(Cl)C(F)(F)F)c(F)cn1. The van der Waals surface area contributed by atoms with Gasteiger partial charge in [-0.3, -0.25) is 0 Å². The molecule has 0 bridgehead atoms. The van der Waals surface area contributed by atoms with Crippen molar-refractivity contribution in [1.29, 1.82) is 0 Å². The molecule has 1 rings (SSSR count). The van der Waals surface area contributed by atoms with E-state index in [1.807, 2.05) is 0 Å². The molecule has 0 aliphatic carbocycles. The van der Waals surface area contributed by atoms with Crippen molar-refractivity contribution >= 4 is 11.6 Å². The maximum Gasteiger partial charge on any atom is 0.409 e. The molecule has 0 N–H and O–H groups in total. The number of pyridine rings is 1. The highest BCUT2D eigenvalue weighted by Crippen LogP contribution is 2.38. The minimum atomic E-state index is -4.82. The second-order valence-corrected chi connectivity index (χ2v) is 2.87. The van der Waals surface area contributed by atoms with E-state index in [1.54, 1.807) is 0 Å². The van der Waals surface area contributed by atoms with E-state index in [9.17, 15) is 22.0 Å². The first-order chi connectivity index (χ1) is 6.32. The summed E-state index contributed by atoms with van der Waals surface area (Å²) in [4.78, 5) is 2.84. The average molecular weight is 232 g/mol. The lowest BCUT2D eigenvalue weighted by Crippen LogP contribution is -2.17. The van der Waals surface area contributed by atoms with Crippen molar-refractivity contribution in [3.8, 4) is 0 Å². The Morgan fingerprint density at radius 2 is 1.86 bits per heavy atom. The molecular formula is C7H3ClF5N. The van der Waals surface area contributed by atoms with Crippen molar-refractivity contribution < 1.29 is 22.0 Å². The molecule has 78 valence electrons. The van der Waals surface area contributed by atoms with Gasteiger partial charge in [-0.1, -0.05) is 0 Å². The highest BCUT2D eigenvalue weighted by molar-refractivity contribution is 6.21. The van der Waals surface area contributed by atoms with Crippen LogP contribution >= 0.6 is 11.6 Å². The monoisotopic (exact) mass is 231 g/mol. The van der Waals surface area contributed by atoms with Crippen LogP contribution in [0.5, 0.6) is 0 Å². The zero-order chi connectivity index (χ0) is 10.9. The Bertz CT molecular complexity index is 337. The predicted octanol–water partition coefficient (Wildman–Crippen LogP) is 3.20. The fraction of sp³-hybridized carbons (Fsp3) is 0.286. The molecule has 0 amide bonds. The van der Waals surface area contributed by atoms with Crippen LogP contribution in [0.25, 0.3) is 0 Å². The molecule has 0 saturated heterocycles. The molecule has 14 heavy (non-hydrogen) atoms. The molecule has 1 aromatic heterocycles. The number of aromatic nitrogens is 1. The zero-order valence-electron chi connectivity index (χ0n) is 6.45. The smallest absolute Gasteiger partial charge is 0.225 e. The van der Waals surface area contributed by atoms with Crippen molar-refractivity contribution in [1.82, 2.24) is 4.98 Å². The Labute approximate surface area is 80.5 Å². The molecule has 1 aromatic rings. The molecule has 1 nitrogen and oxygen atoms in total. The molecule has 0 saturated carbocycles. The molecular weight excluding hydrogens is 229 g/mol. The van der Waals surface area contributed by atoms with Crippen LogP contribution < -0.4 is 0 Å². The quantitative estimate of drug-likeness (QED) is 0.411. The molecule has 7 heteroatoms. The van der Waals surface area contributed by atoms with E-state index in [4.69, 9.17) is 11.6 Å². The van der Waals surface area contributed by atoms with Crippen molar-refractivity contribution in [2.45, 2.75) is 11.6 Å². The minimum Gasteiger partial charge on any atom is -0.225 e. The summed E-state index contributed by atoms with van der Waals surface area (Å²) in [6.07, 6.45) is -4.47. The maximum absolute atomic E-state index is 12.7. The number of rotatable bonds is 1. The number of halogens is 6. The first-order valence-corrected chi connectivity index (χ1v) is 3.77. The van der Waals surface area contributed by atoms with Crippen LogP contribution in [0.3, 0.4) is 0 Å². The van der Waals surface area contributed by atoms with E-state index in [0.717, 1.165) is 0 Å². The lowest BCUT2D eigenvalue weighted by atomic mass is 10.2. The summed E-state index contributed by atoms with van der Waals surface area (Å²) >= 11 is 4.90. The Morgan fingerprint density at radius 1 is 1.29 bits per heavy atom. The first kappa shape index (κ1) is 11.2. The Kier molecular flexibility index (Phi) is 2.94. The van der Waals surface area contributed by atoms with Gasteiger partial charge >= 0.3 is 6.18 Å². The zero-order valence-corrected chi connectivity index (χ0v) is 7.20. The van der Waals surface area contributed by atoms with Crippen LogP contribution in [-0.2, 0) is 0 Å². The molecule has 1 unspecified atom stereocenters. The maximum atomic E-state index is 12.7.